The molecular weight excluding hydrogens is 260 g/mol. The second-order valence-corrected chi connectivity index (χ2v) is 6.91. The zero-order chi connectivity index (χ0) is 13.1. The summed E-state index contributed by atoms with van der Waals surface area (Å²) >= 11 is 0.728. The summed E-state index contributed by atoms with van der Waals surface area (Å²) in [5.41, 5.74) is 0.399. The van der Waals surface area contributed by atoms with Gasteiger partial charge in [0.15, 0.2) is 4.21 Å². The van der Waals surface area contributed by atoms with Crippen LogP contribution in [0, 0.1) is 6.92 Å². The number of aromatic amines is 1. The van der Waals surface area contributed by atoms with Crippen LogP contribution >= 0.6 is 11.3 Å². The predicted octanol–water partition coefficient (Wildman–Crippen LogP) is 1.33. The summed E-state index contributed by atoms with van der Waals surface area (Å²) in [5, 5.41) is 0. The lowest BCUT2D eigenvalue weighted by atomic mass is 10.3. The molecule has 5 nitrogen and oxygen atoms in total. The van der Waals surface area contributed by atoms with Gasteiger partial charge in [0.05, 0.1) is 0 Å². The monoisotopic (exact) mass is 276 g/mol. The molecule has 0 saturated carbocycles. The third-order valence-corrected chi connectivity index (χ3v) is 5.75. The standard InChI is InChI=1S/C10H16N2O3S2/c1-4-5-6-7-12(3)17(14,15)9-8(2)11-10(13)16-9/h4H,1,5-7H2,2-3H3,(H,11,13). The van der Waals surface area contributed by atoms with Gasteiger partial charge < -0.3 is 4.98 Å². The Morgan fingerprint density at radius 1 is 1.53 bits per heavy atom. The maximum absolute atomic E-state index is 12.1. The molecule has 0 bridgehead atoms. The maximum Gasteiger partial charge on any atom is 0.305 e. The first-order chi connectivity index (χ1) is 7.89. The number of hydrogen-bond acceptors (Lipinski definition) is 4. The van der Waals surface area contributed by atoms with Crippen molar-refractivity contribution in [3.05, 3.63) is 28.0 Å². The van der Waals surface area contributed by atoms with Crippen molar-refractivity contribution in [3.63, 3.8) is 0 Å². The van der Waals surface area contributed by atoms with Gasteiger partial charge in [-0.15, -0.1) is 6.58 Å². The highest BCUT2D eigenvalue weighted by Gasteiger charge is 2.25. The minimum absolute atomic E-state index is 0.101. The number of aromatic nitrogens is 1. The Balaban J connectivity index is 2.91. The van der Waals surface area contributed by atoms with Crippen molar-refractivity contribution in [2.75, 3.05) is 13.6 Å². The van der Waals surface area contributed by atoms with E-state index < -0.39 is 10.0 Å². The first kappa shape index (κ1) is 14.1. The molecule has 0 unspecified atom stereocenters. The van der Waals surface area contributed by atoms with E-state index in [-0.39, 0.29) is 9.08 Å². The van der Waals surface area contributed by atoms with Crippen LogP contribution in [0.2, 0.25) is 0 Å². The molecule has 0 radical (unpaired) electrons. The average molecular weight is 276 g/mol. The van der Waals surface area contributed by atoms with Gasteiger partial charge in [-0.1, -0.05) is 17.4 Å². The number of hydrogen-bond donors (Lipinski definition) is 1. The van der Waals surface area contributed by atoms with E-state index in [1.165, 1.54) is 11.4 Å². The van der Waals surface area contributed by atoms with Crippen molar-refractivity contribution >= 4 is 21.4 Å². The molecule has 1 N–H and O–H groups in total. The largest absolute Gasteiger partial charge is 0.315 e. The Kier molecular flexibility index (Phi) is 4.67. The Labute approximate surface area is 105 Å². The summed E-state index contributed by atoms with van der Waals surface area (Å²) in [6.07, 6.45) is 3.24. The van der Waals surface area contributed by atoms with Crippen LogP contribution in [0.5, 0.6) is 0 Å². The van der Waals surface area contributed by atoms with Crippen LogP contribution in [0.25, 0.3) is 0 Å². The van der Waals surface area contributed by atoms with Gasteiger partial charge in [-0.05, 0) is 19.8 Å². The molecule has 0 aliphatic rings. The molecule has 0 saturated heterocycles. The molecule has 1 heterocycles. The highest BCUT2D eigenvalue weighted by Crippen LogP contribution is 2.20. The van der Waals surface area contributed by atoms with Gasteiger partial charge in [-0.25, -0.2) is 12.7 Å². The number of thiazole rings is 1. The summed E-state index contributed by atoms with van der Waals surface area (Å²) in [6, 6.07) is 0. The zero-order valence-corrected chi connectivity index (χ0v) is 11.5. The van der Waals surface area contributed by atoms with Crippen LogP contribution in [0.15, 0.2) is 21.7 Å². The number of rotatable bonds is 6. The quantitative estimate of drug-likeness (QED) is 0.629. The molecule has 7 heteroatoms. The number of aryl methyl sites for hydroxylation is 1. The Morgan fingerprint density at radius 3 is 2.65 bits per heavy atom. The van der Waals surface area contributed by atoms with Crippen molar-refractivity contribution in [2.24, 2.45) is 0 Å². The number of nitrogens with one attached hydrogen (secondary N) is 1. The second kappa shape index (κ2) is 5.61. The fraction of sp³-hybridized carbons (Fsp3) is 0.500. The number of sulfonamides is 1. The second-order valence-electron chi connectivity index (χ2n) is 3.68. The zero-order valence-electron chi connectivity index (χ0n) is 9.89. The van der Waals surface area contributed by atoms with Crippen LogP contribution in [0.4, 0.5) is 0 Å². The molecule has 1 rings (SSSR count). The van der Waals surface area contributed by atoms with Crippen molar-refractivity contribution in [2.45, 2.75) is 24.0 Å². The van der Waals surface area contributed by atoms with Gasteiger partial charge in [0.1, 0.15) is 0 Å². The van der Waals surface area contributed by atoms with E-state index in [1.807, 2.05) is 0 Å². The van der Waals surface area contributed by atoms with E-state index in [0.717, 1.165) is 24.2 Å². The number of unbranched alkanes of at least 4 members (excludes halogenated alkanes) is 1. The van der Waals surface area contributed by atoms with Gasteiger partial charge in [0.2, 0.25) is 0 Å². The topological polar surface area (TPSA) is 70.2 Å². The Morgan fingerprint density at radius 2 is 2.18 bits per heavy atom. The molecule has 0 atom stereocenters. The molecule has 17 heavy (non-hydrogen) atoms. The lowest BCUT2D eigenvalue weighted by Gasteiger charge is -2.15. The van der Waals surface area contributed by atoms with E-state index in [4.69, 9.17) is 0 Å². The van der Waals surface area contributed by atoms with E-state index in [2.05, 4.69) is 11.6 Å². The smallest absolute Gasteiger partial charge is 0.305 e. The Hall–Kier alpha value is -0.920. The first-order valence-electron chi connectivity index (χ1n) is 5.16. The fourth-order valence-electron chi connectivity index (χ4n) is 1.36. The SMILES string of the molecule is C=CCCCN(C)S(=O)(=O)c1sc(=O)[nH]c1C. The van der Waals surface area contributed by atoms with E-state index >= 15 is 0 Å². The number of nitrogens with zero attached hydrogens (tertiary/aromatic N) is 1. The predicted molar refractivity (Wildman–Crippen MR) is 68.9 cm³/mol. The first-order valence-corrected chi connectivity index (χ1v) is 7.42. The molecule has 0 spiro atoms. The van der Waals surface area contributed by atoms with E-state index in [1.54, 1.807) is 13.0 Å². The van der Waals surface area contributed by atoms with Gasteiger partial charge in [-0.2, -0.15) is 0 Å². The maximum atomic E-state index is 12.1. The molecule has 0 fully saturated rings. The van der Waals surface area contributed by atoms with Crippen LogP contribution in [0.1, 0.15) is 18.5 Å². The van der Waals surface area contributed by atoms with Gasteiger partial charge in [-0.3, -0.25) is 4.79 Å². The minimum Gasteiger partial charge on any atom is -0.315 e. The lowest BCUT2D eigenvalue weighted by molar-refractivity contribution is 0.464. The molecule has 0 aromatic carbocycles. The van der Waals surface area contributed by atoms with Crippen molar-refractivity contribution in [1.82, 2.24) is 9.29 Å². The van der Waals surface area contributed by atoms with Crippen LogP contribution < -0.4 is 4.87 Å². The van der Waals surface area contributed by atoms with Crippen molar-refractivity contribution in [3.8, 4) is 0 Å². The summed E-state index contributed by atoms with van der Waals surface area (Å²) < 4.78 is 25.6. The fourth-order valence-corrected chi connectivity index (χ4v) is 4.05. The van der Waals surface area contributed by atoms with Crippen molar-refractivity contribution < 1.29 is 8.42 Å². The van der Waals surface area contributed by atoms with Crippen molar-refractivity contribution in [1.29, 1.82) is 0 Å². The number of H-pyrrole nitrogens is 1. The number of allylic oxidation sites excluding steroid dienone is 1. The van der Waals surface area contributed by atoms with Gasteiger partial charge in [0, 0.05) is 19.3 Å². The van der Waals surface area contributed by atoms with E-state index in [0.29, 0.717) is 12.2 Å². The third-order valence-electron chi connectivity index (χ3n) is 2.31. The van der Waals surface area contributed by atoms with Crippen LogP contribution in [0.3, 0.4) is 0 Å². The summed E-state index contributed by atoms with van der Waals surface area (Å²) in [5.74, 6) is 0. The summed E-state index contributed by atoms with van der Waals surface area (Å²) in [7, 11) is -2.03. The molecule has 0 aliphatic heterocycles. The molecule has 1 aromatic heterocycles. The molecule has 1 aromatic rings. The molecule has 96 valence electrons. The van der Waals surface area contributed by atoms with Crippen LogP contribution in [-0.4, -0.2) is 31.3 Å². The minimum atomic E-state index is -3.54. The van der Waals surface area contributed by atoms with Gasteiger partial charge >= 0.3 is 4.87 Å². The normalized spacial score (nSPS) is 11.9. The molecule has 0 aliphatic carbocycles. The highest BCUT2D eigenvalue weighted by atomic mass is 32.2. The highest BCUT2D eigenvalue weighted by molar-refractivity contribution is 7.91. The molecular formula is C10H16N2O3S2. The van der Waals surface area contributed by atoms with Crippen LogP contribution in [-0.2, 0) is 10.0 Å². The molecule has 0 amide bonds. The van der Waals surface area contributed by atoms with Gasteiger partial charge in [0.25, 0.3) is 10.0 Å². The Bertz CT molecular complexity index is 542. The van der Waals surface area contributed by atoms with E-state index in [9.17, 15) is 13.2 Å². The third kappa shape index (κ3) is 3.27. The summed E-state index contributed by atoms with van der Waals surface area (Å²) in [4.78, 5) is 13.2. The summed E-state index contributed by atoms with van der Waals surface area (Å²) in [6.45, 7) is 5.59. The average Bonchev–Trinajstić information content (AvgIpc) is 2.58. The lowest BCUT2D eigenvalue weighted by Crippen LogP contribution is -2.27.